The van der Waals surface area contributed by atoms with Gasteiger partial charge in [-0.05, 0) is 17.2 Å². The predicted octanol–water partition coefficient (Wildman–Crippen LogP) is 2.09. The van der Waals surface area contributed by atoms with Crippen molar-refractivity contribution in [2.75, 3.05) is 39.8 Å². The number of methoxy groups -OCH3 is 1. The van der Waals surface area contributed by atoms with Gasteiger partial charge in [-0.1, -0.05) is 30.8 Å². The first-order valence-corrected chi connectivity index (χ1v) is 9.20. The van der Waals surface area contributed by atoms with Crippen LogP contribution in [0, 0.1) is 0 Å². The Morgan fingerprint density at radius 1 is 1.22 bits per heavy atom. The number of hydrogen-bond donors (Lipinski definition) is 0. The van der Waals surface area contributed by atoms with E-state index in [1.165, 1.54) is 18.2 Å². The van der Waals surface area contributed by atoms with Gasteiger partial charge in [0, 0.05) is 57.2 Å². The zero-order valence-electron chi connectivity index (χ0n) is 15.6. The van der Waals surface area contributed by atoms with Crippen molar-refractivity contribution in [3.05, 3.63) is 65.8 Å². The van der Waals surface area contributed by atoms with E-state index in [1.54, 1.807) is 0 Å². The van der Waals surface area contributed by atoms with Gasteiger partial charge in [-0.15, -0.1) is 0 Å². The molecule has 1 aromatic carbocycles. The van der Waals surface area contributed by atoms with Crippen LogP contribution in [0.15, 0.2) is 48.8 Å². The van der Waals surface area contributed by atoms with Gasteiger partial charge in [0.2, 0.25) is 0 Å². The van der Waals surface area contributed by atoms with Gasteiger partial charge in [-0.25, -0.2) is 9.78 Å². The molecule has 6 nitrogen and oxygen atoms in total. The molecule has 0 aliphatic carbocycles. The fraction of sp³-hybridized carbons (Fsp3) is 0.333. The summed E-state index contributed by atoms with van der Waals surface area (Å²) in [6, 6.07) is 8.51. The number of fused-ring (bicyclic) bond motifs is 2. The third-order valence-corrected chi connectivity index (χ3v) is 5.23. The summed E-state index contributed by atoms with van der Waals surface area (Å²) in [7, 11) is 1.39. The van der Waals surface area contributed by atoms with Gasteiger partial charge >= 0.3 is 5.97 Å². The van der Waals surface area contributed by atoms with E-state index < -0.39 is 0 Å². The van der Waals surface area contributed by atoms with Crippen molar-refractivity contribution < 1.29 is 9.53 Å². The Balaban J connectivity index is 1.52. The second kappa shape index (κ2) is 7.40. The lowest BCUT2D eigenvalue weighted by Gasteiger charge is -2.37. The maximum atomic E-state index is 11.6. The third-order valence-electron chi connectivity index (χ3n) is 5.23. The number of hydrogen-bond acceptors (Lipinski definition) is 5. The van der Waals surface area contributed by atoms with Crippen molar-refractivity contribution in [3.63, 3.8) is 0 Å². The maximum Gasteiger partial charge on any atom is 0.334 e. The smallest absolute Gasteiger partial charge is 0.334 e. The van der Waals surface area contributed by atoms with Crippen LogP contribution in [0.3, 0.4) is 0 Å². The van der Waals surface area contributed by atoms with Crippen LogP contribution in [-0.4, -0.2) is 65.2 Å². The minimum Gasteiger partial charge on any atom is -0.466 e. The van der Waals surface area contributed by atoms with Crippen LogP contribution in [-0.2, 0) is 16.1 Å². The van der Waals surface area contributed by atoms with Crippen molar-refractivity contribution >= 4 is 17.7 Å². The second-order valence-corrected chi connectivity index (χ2v) is 6.97. The van der Waals surface area contributed by atoms with Crippen molar-refractivity contribution in [1.29, 1.82) is 0 Å². The van der Waals surface area contributed by atoms with Crippen LogP contribution >= 0.6 is 0 Å². The number of esters is 1. The minimum absolute atomic E-state index is 0.331. The van der Waals surface area contributed by atoms with Crippen LogP contribution in [0.2, 0.25) is 0 Å². The highest BCUT2D eigenvalue weighted by molar-refractivity contribution is 5.88. The molecule has 2 aromatic rings. The molecule has 2 aliphatic rings. The Morgan fingerprint density at radius 3 is 2.78 bits per heavy atom. The monoisotopic (exact) mass is 364 g/mol. The summed E-state index contributed by atoms with van der Waals surface area (Å²) in [5.74, 6) is 0.682. The highest BCUT2D eigenvalue weighted by atomic mass is 16.5. The second-order valence-electron chi connectivity index (χ2n) is 6.97. The van der Waals surface area contributed by atoms with Crippen molar-refractivity contribution in [3.8, 4) is 0 Å². The minimum atomic E-state index is -0.331. The topological polar surface area (TPSA) is 50.6 Å². The summed E-state index contributed by atoms with van der Waals surface area (Å²) in [5, 5.41) is 0. The molecule has 0 amide bonds. The summed E-state index contributed by atoms with van der Waals surface area (Å²) >= 11 is 0. The van der Waals surface area contributed by atoms with Gasteiger partial charge in [0.05, 0.1) is 12.8 Å². The van der Waals surface area contributed by atoms with E-state index in [1.807, 2.05) is 12.4 Å². The molecule has 3 heterocycles. The number of rotatable bonds is 4. The lowest BCUT2D eigenvalue weighted by Crippen LogP contribution is -2.46. The van der Waals surface area contributed by atoms with Crippen molar-refractivity contribution in [2.24, 2.45) is 0 Å². The number of aromatic nitrogens is 2. The molecule has 0 unspecified atom stereocenters. The Morgan fingerprint density at radius 2 is 2.00 bits per heavy atom. The van der Waals surface area contributed by atoms with Gasteiger partial charge in [-0.2, -0.15) is 0 Å². The molecule has 27 heavy (non-hydrogen) atoms. The number of nitrogens with zero attached hydrogens (tertiary/aromatic N) is 4. The molecular weight excluding hydrogens is 340 g/mol. The Bertz CT molecular complexity index is 891. The molecule has 1 aromatic heterocycles. The summed E-state index contributed by atoms with van der Waals surface area (Å²) in [6.45, 7) is 8.73. The summed E-state index contributed by atoms with van der Waals surface area (Å²) in [5.41, 5.74) is 4.22. The lowest BCUT2D eigenvalue weighted by atomic mass is 10.1. The van der Waals surface area contributed by atoms with Crippen molar-refractivity contribution in [1.82, 2.24) is 19.4 Å². The average molecular weight is 364 g/mol. The highest BCUT2D eigenvalue weighted by Gasteiger charge is 2.25. The SMILES string of the molecule is C=C(CN1CCN(C2=Cc3ccccc3Cn3ccnc32)CC1)C(=O)OC. The Kier molecular flexibility index (Phi) is 4.81. The van der Waals surface area contributed by atoms with E-state index in [4.69, 9.17) is 4.74 Å². The Labute approximate surface area is 159 Å². The molecule has 1 saturated heterocycles. The van der Waals surface area contributed by atoms with E-state index in [9.17, 15) is 4.79 Å². The largest absolute Gasteiger partial charge is 0.466 e. The van der Waals surface area contributed by atoms with E-state index in [0.717, 1.165) is 44.2 Å². The number of benzene rings is 1. The number of carbonyl (C=O) groups is 1. The van der Waals surface area contributed by atoms with Crippen LogP contribution in [0.25, 0.3) is 11.8 Å². The van der Waals surface area contributed by atoms with Crippen LogP contribution in [0.4, 0.5) is 0 Å². The lowest BCUT2D eigenvalue weighted by molar-refractivity contribution is -0.136. The quantitative estimate of drug-likeness (QED) is 0.614. The van der Waals surface area contributed by atoms with Crippen LogP contribution in [0.1, 0.15) is 17.0 Å². The third kappa shape index (κ3) is 3.53. The molecule has 0 bridgehead atoms. The molecule has 0 saturated carbocycles. The molecule has 6 heteroatoms. The van der Waals surface area contributed by atoms with Crippen molar-refractivity contribution in [2.45, 2.75) is 6.54 Å². The summed E-state index contributed by atoms with van der Waals surface area (Å²) in [6.07, 6.45) is 6.17. The Hall–Kier alpha value is -2.86. The number of ether oxygens (including phenoxy) is 1. The molecule has 0 radical (unpaired) electrons. The van der Waals surface area contributed by atoms with Crippen LogP contribution in [0.5, 0.6) is 0 Å². The van der Waals surface area contributed by atoms with Crippen LogP contribution < -0.4 is 0 Å². The summed E-state index contributed by atoms with van der Waals surface area (Å²) < 4.78 is 6.96. The van der Waals surface area contributed by atoms with Gasteiger partial charge in [0.25, 0.3) is 0 Å². The molecule has 0 atom stereocenters. The average Bonchev–Trinajstić information content (AvgIpc) is 3.09. The fourth-order valence-corrected chi connectivity index (χ4v) is 3.74. The number of imidazole rings is 1. The molecule has 2 aliphatic heterocycles. The number of piperazine rings is 1. The molecular formula is C21H24N4O2. The maximum absolute atomic E-state index is 11.6. The molecule has 140 valence electrons. The first-order valence-electron chi connectivity index (χ1n) is 9.20. The highest BCUT2D eigenvalue weighted by Crippen LogP contribution is 2.28. The summed E-state index contributed by atoms with van der Waals surface area (Å²) in [4.78, 5) is 20.8. The normalized spacial score (nSPS) is 16.8. The molecule has 1 fully saturated rings. The van der Waals surface area contributed by atoms with E-state index in [-0.39, 0.29) is 5.97 Å². The molecule has 0 N–H and O–H groups in total. The van der Waals surface area contributed by atoms with Gasteiger partial charge in [0.15, 0.2) is 5.82 Å². The van der Waals surface area contributed by atoms with Gasteiger partial charge < -0.3 is 14.2 Å². The molecule has 0 spiro atoms. The number of carbonyl (C=O) groups excluding carboxylic acids is 1. The fourth-order valence-electron chi connectivity index (χ4n) is 3.74. The zero-order chi connectivity index (χ0) is 18.8. The predicted molar refractivity (Wildman–Crippen MR) is 105 cm³/mol. The first kappa shape index (κ1) is 17.5. The van der Waals surface area contributed by atoms with E-state index >= 15 is 0 Å². The standard InChI is InChI=1S/C21H24N4O2/c1-16(21(26)27-2)14-23-9-11-24(12-10-23)19-13-17-5-3-4-6-18(17)15-25-8-7-22-20(19)25/h3-8,13H,1,9-12,14-15H2,2H3. The van der Waals surface area contributed by atoms with Gasteiger partial charge in [0.1, 0.15) is 0 Å². The zero-order valence-corrected chi connectivity index (χ0v) is 15.6. The van der Waals surface area contributed by atoms with E-state index in [0.29, 0.717) is 12.1 Å². The molecule has 4 rings (SSSR count). The van der Waals surface area contributed by atoms with E-state index in [2.05, 4.69) is 56.3 Å². The van der Waals surface area contributed by atoms with Gasteiger partial charge in [-0.3, -0.25) is 4.90 Å². The first-order chi connectivity index (χ1) is 13.2.